The predicted molar refractivity (Wildman–Crippen MR) is 60.8 cm³/mol. The topological polar surface area (TPSA) is 24.9 Å². The van der Waals surface area contributed by atoms with Gasteiger partial charge in [-0.05, 0) is 32.2 Å². The first-order chi connectivity index (χ1) is 6.85. The van der Waals surface area contributed by atoms with Crippen LogP contribution in [0.2, 0.25) is 0 Å². The molecule has 0 aromatic carbocycles. The van der Waals surface area contributed by atoms with Crippen LogP contribution >= 0.6 is 11.3 Å². The van der Waals surface area contributed by atoms with Gasteiger partial charge in [-0.2, -0.15) is 0 Å². The minimum Gasteiger partial charge on any atom is -0.308 e. The number of rotatable bonds is 3. The Bertz CT molecular complexity index is 279. The van der Waals surface area contributed by atoms with Crippen LogP contribution < -0.4 is 5.32 Å². The molecule has 1 saturated heterocycles. The van der Waals surface area contributed by atoms with Gasteiger partial charge < -0.3 is 5.32 Å². The first kappa shape index (κ1) is 10.1. The molecule has 3 heteroatoms. The second kappa shape index (κ2) is 4.41. The van der Waals surface area contributed by atoms with E-state index < -0.39 is 0 Å². The fraction of sp³-hybridized carbons (Fsp3) is 0.727. The number of thiazole rings is 1. The SMILES string of the molecule is CCc1nc(C2CCCN2)sc1CC. The third-order valence-electron chi connectivity index (χ3n) is 2.81. The lowest BCUT2D eigenvalue weighted by Gasteiger charge is -2.04. The molecule has 1 atom stereocenters. The second-order valence-corrected chi connectivity index (χ2v) is 4.89. The number of nitrogens with zero attached hydrogens (tertiary/aromatic N) is 1. The molecule has 0 bridgehead atoms. The van der Waals surface area contributed by atoms with Crippen molar-refractivity contribution in [2.75, 3.05) is 6.54 Å². The Morgan fingerprint density at radius 2 is 2.29 bits per heavy atom. The van der Waals surface area contributed by atoms with E-state index in [9.17, 15) is 0 Å². The zero-order valence-electron chi connectivity index (χ0n) is 8.97. The lowest BCUT2D eigenvalue weighted by atomic mass is 10.2. The third-order valence-corrected chi connectivity index (χ3v) is 4.16. The molecular weight excluding hydrogens is 192 g/mol. The van der Waals surface area contributed by atoms with Gasteiger partial charge in [-0.1, -0.05) is 13.8 Å². The Balaban J connectivity index is 2.21. The Kier molecular flexibility index (Phi) is 3.19. The summed E-state index contributed by atoms with van der Waals surface area (Å²) in [4.78, 5) is 6.22. The van der Waals surface area contributed by atoms with E-state index in [0.29, 0.717) is 6.04 Å². The van der Waals surface area contributed by atoms with Crippen molar-refractivity contribution in [3.05, 3.63) is 15.6 Å². The first-order valence-corrected chi connectivity index (χ1v) is 6.38. The normalized spacial score (nSPS) is 21.7. The summed E-state index contributed by atoms with van der Waals surface area (Å²) < 4.78 is 0. The highest BCUT2D eigenvalue weighted by atomic mass is 32.1. The molecule has 1 unspecified atom stereocenters. The summed E-state index contributed by atoms with van der Waals surface area (Å²) in [5.74, 6) is 0. The van der Waals surface area contributed by atoms with Crippen molar-refractivity contribution >= 4 is 11.3 Å². The Morgan fingerprint density at radius 1 is 1.43 bits per heavy atom. The van der Waals surface area contributed by atoms with E-state index in [1.165, 1.54) is 28.4 Å². The van der Waals surface area contributed by atoms with E-state index in [4.69, 9.17) is 4.98 Å². The molecule has 2 nitrogen and oxygen atoms in total. The molecule has 1 N–H and O–H groups in total. The van der Waals surface area contributed by atoms with Crippen LogP contribution in [0.25, 0.3) is 0 Å². The van der Waals surface area contributed by atoms with E-state index in [-0.39, 0.29) is 0 Å². The molecule has 2 heterocycles. The molecular formula is C11H18N2S. The van der Waals surface area contributed by atoms with Crippen LogP contribution in [0.15, 0.2) is 0 Å². The van der Waals surface area contributed by atoms with Crippen molar-refractivity contribution in [2.45, 2.75) is 45.6 Å². The van der Waals surface area contributed by atoms with Gasteiger partial charge in [-0.3, -0.25) is 0 Å². The number of hydrogen-bond donors (Lipinski definition) is 1. The fourth-order valence-corrected chi connectivity index (χ4v) is 3.20. The minimum atomic E-state index is 0.547. The highest BCUT2D eigenvalue weighted by Gasteiger charge is 2.20. The molecule has 78 valence electrons. The fourth-order valence-electron chi connectivity index (χ4n) is 2.00. The van der Waals surface area contributed by atoms with Crippen LogP contribution in [0, 0.1) is 0 Å². The van der Waals surface area contributed by atoms with Crippen molar-refractivity contribution in [1.29, 1.82) is 0 Å². The Labute approximate surface area is 89.8 Å². The maximum absolute atomic E-state index is 4.74. The average Bonchev–Trinajstić information content (AvgIpc) is 2.85. The lowest BCUT2D eigenvalue weighted by Crippen LogP contribution is -2.12. The smallest absolute Gasteiger partial charge is 0.110 e. The van der Waals surface area contributed by atoms with Crippen LogP contribution in [0.3, 0.4) is 0 Å². The van der Waals surface area contributed by atoms with Gasteiger partial charge in [0.05, 0.1) is 11.7 Å². The van der Waals surface area contributed by atoms with Crippen molar-refractivity contribution in [3.8, 4) is 0 Å². The summed E-state index contributed by atoms with van der Waals surface area (Å²) in [6.07, 6.45) is 4.77. The summed E-state index contributed by atoms with van der Waals surface area (Å²) in [5.41, 5.74) is 1.32. The molecule has 0 spiro atoms. The van der Waals surface area contributed by atoms with Gasteiger partial charge in [-0.25, -0.2) is 4.98 Å². The van der Waals surface area contributed by atoms with Gasteiger partial charge in [-0.15, -0.1) is 11.3 Å². The van der Waals surface area contributed by atoms with Crippen molar-refractivity contribution in [3.63, 3.8) is 0 Å². The molecule has 14 heavy (non-hydrogen) atoms. The summed E-state index contributed by atoms with van der Waals surface area (Å²) in [6.45, 7) is 5.58. The van der Waals surface area contributed by atoms with Crippen molar-refractivity contribution in [2.24, 2.45) is 0 Å². The van der Waals surface area contributed by atoms with Gasteiger partial charge in [0.1, 0.15) is 5.01 Å². The quantitative estimate of drug-likeness (QED) is 0.829. The zero-order chi connectivity index (χ0) is 9.97. The standard InChI is InChI=1S/C11H18N2S/c1-3-8-10(4-2)14-11(13-8)9-6-5-7-12-9/h9,12H,3-7H2,1-2H3. The summed E-state index contributed by atoms with van der Waals surface area (Å²) >= 11 is 1.91. The number of aromatic nitrogens is 1. The van der Waals surface area contributed by atoms with Crippen LogP contribution in [0.1, 0.15) is 48.3 Å². The molecule has 1 aliphatic heterocycles. The van der Waals surface area contributed by atoms with Gasteiger partial charge in [0.15, 0.2) is 0 Å². The number of hydrogen-bond acceptors (Lipinski definition) is 3. The van der Waals surface area contributed by atoms with Gasteiger partial charge in [0.25, 0.3) is 0 Å². The third kappa shape index (κ3) is 1.84. The maximum Gasteiger partial charge on any atom is 0.110 e. The monoisotopic (exact) mass is 210 g/mol. The molecule has 0 radical (unpaired) electrons. The molecule has 2 rings (SSSR count). The van der Waals surface area contributed by atoms with E-state index >= 15 is 0 Å². The Morgan fingerprint density at radius 3 is 2.79 bits per heavy atom. The number of nitrogens with one attached hydrogen (secondary N) is 1. The lowest BCUT2D eigenvalue weighted by molar-refractivity contribution is 0.640. The van der Waals surface area contributed by atoms with E-state index in [1.54, 1.807) is 0 Å². The van der Waals surface area contributed by atoms with Crippen LogP contribution in [0.4, 0.5) is 0 Å². The molecule has 0 saturated carbocycles. The molecule has 1 fully saturated rings. The van der Waals surface area contributed by atoms with Crippen molar-refractivity contribution < 1.29 is 0 Å². The molecule has 0 amide bonds. The van der Waals surface area contributed by atoms with E-state index in [0.717, 1.165) is 19.4 Å². The van der Waals surface area contributed by atoms with Gasteiger partial charge >= 0.3 is 0 Å². The van der Waals surface area contributed by atoms with Crippen LogP contribution in [-0.4, -0.2) is 11.5 Å². The molecule has 1 aromatic heterocycles. The highest BCUT2D eigenvalue weighted by molar-refractivity contribution is 7.11. The van der Waals surface area contributed by atoms with Gasteiger partial charge in [0.2, 0.25) is 0 Å². The second-order valence-electron chi connectivity index (χ2n) is 3.78. The van der Waals surface area contributed by atoms with Gasteiger partial charge in [0, 0.05) is 4.88 Å². The first-order valence-electron chi connectivity index (χ1n) is 5.57. The van der Waals surface area contributed by atoms with E-state index in [1.807, 2.05) is 11.3 Å². The number of aryl methyl sites for hydroxylation is 2. The van der Waals surface area contributed by atoms with Crippen molar-refractivity contribution in [1.82, 2.24) is 10.3 Å². The largest absolute Gasteiger partial charge is 0.308 e. The average molecular weight is 210 g/mol. The summed E-state index contributed by atoms with van der Waals surface area (Å²) in [6, 6.07) is 0.547. The van der Waals surface area contributed by atoms with Crippen LogP contribution in [-0.2, 0) is 12.8 Å². The molecule has 1 aliphatic rings. The highest BCUT2D eigenvalue weighted by Crippen LogP contribution is 2.29. The Hall–Kier alpha value is -0.410. The zero-order valence-corrected chi connectivity index (χ0v) is 9.78. The summed E-state index contributed by atoms with van der Waals surface area (Å²) in [5, 5.41) is 4.83. The maximum atomic E-state index is 4.74. The minimum absolute atomic E-state index is 0.547. The van der Waals surface area contributed by atoms with Crippen LogP contribution in [0.5, 0.6) is 0 Å². The molecule has 0 aliphatic carbocycles. The summed E-state index contributed by atoms with van der Waals surface area (Å²) in [7, 11) is 0. The predicted octanol–water partition coefficient (Wildman–Crippen LogP) is 2.69. The molecule has 1 aromatic rings. The van der Waals surface area contributed by atoms with E-state index in [2.05, 4.69) is 19.2 Å².